The zero-order valence-corrected chi connectivity index (χ0v) is 22.3. The Morgan fingerprint density at radius 2 is 1.89 bits per heavy atom. The highest BCUT2D eigenvalue weighted by molar-refractivity contribution is 5.68. The van der Waals surface area contributed by atoms with Crippen LogP contribution in [0.25, 0.3) is 0 Å². The molecule has 9 nitrogen and oxygen atoms in total. The standard InChI is InChI=1S/C27H42N2O7/c1-16(2)6-7-21-26(3,36-21)23-22(32-5)20(8-9-27(23)15-34-27)35-25(31)29-12-18-10-17(11-19(18)13-29)14-33-24(30)28-4/h6,17-23H,7-15H2,1-5H3,(H,28,30)/t17?,18-,19+,20-,21-,22-,23-,26+,27+/m1/s1. The number of nitrogens with one attached hydrogen (secondary N) is 1. The van der Waals surface area contributed by atoms with Gasteiger partial charge in [-0.1, -0.05) is 11.6 Å². The van der Waals surface area contributed by atoms with Gasteiger partial charge < -0.3 is 33.9 Å². The summed E-state index contributed by atoms with van der Waals surface area (Å²) < 4.78 is 29.7. The van der Waals surface area contributed by atoms with Crippen molar-refractivity contribution in [3.05, 3.63) is 11.6 Å². The number of rotatable bonds is 7. The third-order valence-electron chi connectivity index (χ3n) is 9.25. The predicted molar refractivity (Wildman–Crippen MR) is 131 cm³/mol. The van der Waals surface area contributed by atoms with Crippen molar-refractivity contribution in [2.75, 3.05) is 40.5 Å². The highest BCUT2D eigenvalue weighted by atomic mass is 16.6. The zero-order chi connectivity index (χ0) is 25.7. The number of carbonyl (C=O) groups is 2. The number of methoxy groups -OCH3 is 1. The summed E-state index contributed by atoms with van der Waals surface area (Å²) in [6, 6.07) is 0. The SMILES string of the molecule is CNC(=O)OCC1C[C@@H]2CN(C(=O)O[C@@H]3CC[C@]4(CO4)[C@@H]([C@@]4(C)O[C@@H]4CC=C(C)C)[C@@H]3OC)C[C@@H]2C1. The van der Waals surface area contributed by atoms with Crippen LogP contribution in [-0.4, -0.2) is 87.1 Å². The minimum Gasteiger partial charge on any atom is -0.449 e. The van der Waals surface area contributed by atoms with Gasteiger partial charge in [-0.05, 0) is 70.6 Å². The second kappa shape index (κ2) is 9.80. The van der Waals surface area contributed by atoms with Crippen molar-refractivity contribution in [1.29, 1.82) is 0 Å². The van der Waals surface area contributed by atoms with Gasteiger partial charge in [0.2, 0.25) is 0 Å². The Kier molecular flexibility index (Phi) is 7.02. The molecule has 0 bridgehead atoms. The van der Waals surface area contributed by atoms with Crippen molar-refractivity contribution in [3.63, 3.8) is 0 Å². The highest BCUT2D eigenvalue weighted by Gasteiger charge is 2.72. The molecule has 1 N–H and O–H groups in total. The van der Waals surface area contributed by atoms with E-state index in [1.165, 1.54) is 5.57 Å². The molecule has 0 radical (unpaired) electrons. The van der Waals surface area contributed by atoms with E-state index in [4.69, 9.17) is 23.7 Å². The Hall–Kier alpha value is -1.84. The van der Waals surface area contributed by atoms with Gasteiger partial charge in [-0.2, -0.15) is 0 Å². The largest absolute Gasteiger partial charge is 0.449 e. The van der Waals surface area contributed by atoms with Crippen LogP contribution in [0.4, 0.5) is 9.59 Å². The summed E-state index contributed by atoms with van der Waals surface area (Å²) in [6.07, 6.45) is 5.53. The number of allylic oxidation sites excluding steroid dienone is 1. The maximum absolute atomic E-state index is 13.2. The lowest BCUT2D eigenvalue weighted by molar-refractivity contribution is -0.121. The van der Waals surface area contributed by atoms with E-state index in [-0.39, 0.29) is 47.6 Å². The van der Waals surface area contributed by atoms with Gasteiger partial charge in [-0.25, -0.2) is 9.59 Å². The first-order valence-corrected chi connectivity index (χ1v) is 13.5. The smallest absolute Gasteiger partial charge is 0.410 e. The third-order valence-corrected chi connectivity index (χ3v) is 9.25. The van der Waals surface area contributed by atoms with E-state index in [1.807, 2.05) is 4.90 Å². The maximum Gasteiger partial charge on any atom is 0.410 e. The van der Waals surface area contributed by atoms with Crippen molar-refractivity contribution in [1.82, 2.24) is 10.2 Å². The minimum atomic E-state index is -0.386. The summed E-state index contributed by atoms with van der Waals surface area (Å²) in [7, 11) is 3.27. The van der Waals surface area contributed by atoms with Gasteiger partial charge in [-0.3, -0.25) is 0 Å². The molecule has 2 saturated carbocycles. The van der Waals surface area contributed by atoms with Gasteiger partial charge >= 0.3 is 12.2 Å². The van der Waals surface area contributed by atoms with Crippen LogP contribution in [0.3, 0.4) is 0 Å². The van der Waals surface area contributed by atoms with Gasteiger partial charge in [-0.15, -0.1) is 0 Å². The van der Waals surface area contributed by atoms with E-state index in [0.717, 1.165) is 32.1 Å². The average molecular weight is 507 g/mol. The van der Waals surface area contributed by atoms with E-state index in [0.29, 0.717) is 44.1 Å². The number of ether oxygens (including phenoxy) is 5. The molecular formula is C27H42N2O7. The Morgan fingerprint density at radius 1 is 1.19 bits per heavy atom. The van der Waals surface area contributed by atoms with E-state index >= 15 is 0 Å². The minimum absolute atomic E-state index is 0.0242. The molecule has 3 heterocycles. The first-order valence-electron chi connectivity index (χ1n) is 13.5. The summed E-state index contributed by atoms with van der Waals surface area (Å²) in [4.78, 5) is 26.5. The molecule has 0 aromatic rings. The van der Waals surface area contributed by atoms with Gasteiger partial charge in [0, 0.05) is 27.2 Å². The molecule has 9 atom stereocenters. The first-order chi connectivity index (χ1) is 17.2. The summed E-state index contributed by atoms with van der Waals surface area (Å²) in [5.74, 6) is 1.26. The van der Waals surface area contributed by atoms with Crippen LogP contribution in [-0.2, 0) is 23.7 Å². The second-order valence-electron chi connectivity index (χ2n) is 11.9. The molecule has 0 aromatic heterocycles. The molecule has 9 heteroatoms. The Balaban J connectivity index is 1.17. The van der Waals surface area contributed by atoms with Crippen molar-refractivity contribution >= 4 is 12.2 Å². The monoisotopic (exact) mass is 506 g/mol. The highest BCUT2D eigenvalue weighted by Crippen LogP contribution is 2.59. The zero-order valence-electron chi connectivity index (χ0n) is 22.3. The molecule has 2 amide bonds. The topological polar surface area (TPSA) is 102 Å². The quantitative estimate of drug-likeness (QED) is 0.416. The average Bonchev–Trinajstić information content (AvgIpc) is 3.65. The summed E-state index contributed by atoms with van der Waals surface area (Å²) in [6.45, 7) is 8.92. The number of fused-ring (bicyclic) bond motifs is 1. The number of carbonyl (C=O) groups excluding carboxylic acids is 2. The van der Waals surface area contributed by atoms with Crippen molar-refractivity contribution in [2.24, 2.45) is 23.7 Å². The molecule has 1 unspecified atom stereocenters. The lowest BCUT2D eigenvalue weighted by Gasteiger charge is -2.43. The number of alkyl carbamates (subject to hydrolysis) is 1. The molecule has 36 heavy (non-hydrogen) atoms. The fourth-order valence-corrected chi connectivity index (χ4v) is 7.25. The normalized spacial score (nSPS) is 42.6. The van der Waals surface area contributed by atoms with Crippen LogP contribution in [0.2, 0.25) is 0 Å². The fourth-order valence-electron chi connectivity index (χ4n) is 7.25. The van der Waals surface area contributed by atoms with E-state index in [2.05, 4.69) is 32.2 Å². The third kappa shape index (κ3) is 4.86. The number of hydrogen-bond donors (Lipinski definition) is 1. The van der Waals surface area contributed by atoms with Crippen LogP contribution in [0.15, 0.2) is 11.6 Å². The van der Waals surface area contributed by atoms with Gasteiger partial charge in [0.05, 0.1) is 25.2 Å². The van der Waals surface area contributed by atoms with Gasteiger partial charge in [0.1, 0.15) is 23.4 Å². The lowest BCUT2D eigenvalue weighted by Crippen LogP contribution is -2.56. The molecule has 5 rings (SSSR count). The van der Waals surface area contributed by atoms with Crippen LogP contribution < -0.4 is 5.32 Å². The second-order valence-corrected chi connectivity index (χ2v) is 11.9. The number of nitrogens with zero attached hydrogens (tertiary/aromatic N) is 1. The predicted octanol–water partition coefficient (Wildman–Crippen LogP) is 3.51. The molecule has 2 aliphatic carbocycles. The van der Waals surface area contributed by atoms with Crippen molar-refractivity contribution < 1.29 is 33.3 Å². The summed E-state index contributed by atoms with van der Waals surface area (Å²) in [5.41, 5.74) is 0.712. The van der Waals surface area contributed by atoms with Gasteiger partial charge in [0.15, 0.2) is 0 Å². The number of epoxide rings is 2. The number of amides is 2. The van der Waals surface area contributed by atoms with E-state index in [9.17, 15) is 9.59 Å². The first kappa shape index (κ1) is 25.8. The van der Waals surface area contributed by atoms with Crippen molar-refractivity contribution in [2.45, 2.75) is 82.4 Å². The van der Waals surface area contributed by atoms with Crippen molar-refractivity contribution in [3.8, 4) is 0 Å². The van der Waals surface area contributed by atoms with E-state index in [1.54, 1.807) is 14.2 Å². The molecule has 5 aliphatic rings. The number of likely N-dealkylation sites (tertiary alicyclic amines) is 1. The Labute approximate surface area is 214 Å². The molecule has 0 aromatic carbocycles. The van der Waals surface area contributed by atoms with E-state index < -0.39 is 0 Å². The molecule has 3 saturated heterocycles. The van der Waals surface area contributed by atoms with Crippen LogP contribution >= 0.6 is 0 Å². The molecule has 5 fully saturated rings. The Bertz CT molecular complexity index is 871. The van der Waals surface area contributed by atoms with Crippen LogP contribution in [0.1, 0.15) is 52.9 Å². The van der Waals surface area contributed by atoms with Crippen LogP contribution in [0, 0.1) is 23.7 Å². The molecule has 3 aliphatic heterocycles. The maximum atomic E-state index is 13.2. The van der Waals surface area contributed by atoms with Gasteiger partial charge in [0.25, 0.3) is 0 Å². The molecule has 1 spiro atoms. The van der Waals surface area contributed by atoms with Crippen LogP contribution in [0.5, 0.6) is 0 Å². The molecular weight excluding hydrogens is 464 g/mol. The fraction of sp³-hybridized carbons (Fsp3) is 0.852. The summed E-state index contributed by atoms with van der Waals surface area (Å²) >= 11 is 0. The number of hydrogen-bond acceptors (Lipinski definition) is 7. The Morgan fingerprint density at radius 3 is 2.47 bits per heavy atom. The molecule has 202 valence electrons. The summed E-state index contributed by atoms with van der Waals surface area (Å²) in [5, 5.41) is 2.49. The lowest BCUT2D eigenvalue weighted by atomic mass is 9.68.